The lowest BCUT2D eigenvalue weighted by molar-refractivity contribution is 0.00463. The van der Waals surface area contributed by atoms with Gasteiger partial charge in [-0.25, -0.2) is 0 Å². The van der Waals surface area contributed by atoms with Crippen molar-refractivity contribution in [3.05, 3.63) is 0 Å². The van der Waals surface area contributed by atoms with Gasteiger partial charge in [0.15, 0.2) is 0 Å². The lowest BCUT2D eigenvalue weighted by Crippen LogP contribution is -2.40. The van der Waals surface area contributed by atoms with Crippen LogP contribution in [0.3, 0.4) is 0 Å². The first kappa shape index (κ1) is 12.0. The molecule has 1 N–H and O–H groups in total. The van der Waals surface area contributed by atoms with Crippen molar-refractivity contribution in [2.24, 2.45) is 11.3 Å². The molecule has 0 aromatic carbocycles. The van der Waals surface area contributed by atoms with Gasteiger partial charge in [0.1, 0.15) is 0 Å². The van der Waals surface area contributed by atoms with Gasteiger partial charge in [0.25, 0.3) is 0 Å². The van der Waals surface area contributed by atoms with Crippen molar-refractivity contribution in [1.29, 1.82) is 0 Å². The van der Waals surface area contributed by atoms with Crippen LogP contribution in [-0.2, 0) is 4.74 Å². The zero-order valence-electron chi connectivity index (χ0n) is 9.94. The lowest BCUT2D eigenvalue weighted by atomic mass is 9.74. The maximum Gasteiger partial charge on any atom is 0.0471 e. The molecule has 1 rings (SSSR count). The molecule has 0 aliphatic carbocycles. The highest BCUT2D eigenvalue weighted by Crippen LogP contribution is 2.36. The maximum absolute atomic E-state index is 5.46. The van der Waals surface area contributed by atoms with Crippen LogP contribution in [0.5, 0.6) is 0 Å². The third kappa shape index (κ3) is 3.58. The topological polar surface area (TPSA) is 21.3 Å². The van der Waals surface area contributed by atoms with Gasteiger partial charge in [-0.1, -0.05) is 20.8 Å². The Balaban J connectivity index is 2.47. The molecule has 0 aromatic heterocycles. The summed E-state index contributed by atoms with van der Waals surface area (Å²) in [5.41, 5.74) is 0.516. The molecule has 14 heavy (non-hydrogen) atoms. The van der Waals surface area contributed by atoms with Gasteiger partial charge < -0.3 is 10.1 Å². The van der Waals surface area contributed by atoms with Crippen LogP contribution in [0.15, 0.2) is 0 Å². The monoisotopic (exact) mass is 199 g/mol. The van der Waals surface area contributed by atoms with Crippen LogP contribution in [0.25, 0.3) is 0 Å². The van der Waals surface area contributed by atoms with Crippen molar-refractivity contribution in [2.45, 2.75) is 40.0 Å². The summed E-state index contributed by atoms with van der Waals surface area (Å²) in [5, 5.41) is 3.51. The number of rotatable bonds is 5. The SMILES string of the molecule is CCNCC1(CC(C)C)CCOCC1. The highest BCUT2D eigenvalue weighted by Gasteiger charge is 2.32. The van der Waals surface area contributed by atoms with Crippen LogP contribution < -0.4 is 5.32 Å². The molecule has 0 amide bonds. The summed E-state index contributed by atoms with van der Waals surface area (Å²) >= 11 is 0. The van der Waals surface area contributed by atoms with E-state index in [4.69, 9.17) is 4.74 Å². The Bertz CT molecular complexity index is 150. The van der Waals surface area contributed by atoms with Crippen molar-refractivity contribution < 1.29 is 4.74 Å². The molecule has 84 valence electrons. The van der Waals surface area contributed by atoms with E-state index < -0.39 is 0 Å². The Morgan fingerprint density at radius 2 is 1.93 bits per heavy atom. The highest BCUT2D eigenvalue weighted by atomic mass is 16.5. The predicted octanol–water partition coefficient (Wildman–Crippen LogP) is 2.44. The van der Waals surface area contributed by atoms with E-state index in [1.807, 2.05) is 0 Å². The largest absolute Gasteiger partial charge is 0.381 e. The smallest absolute Gasteiger partial charge is 0.0471 e. The Morgan fingerprint density at radius 1 is 1.29 bits per heavy atom. The van der Waals surface area contributed by atoms with E-state index in [-0.39, 0.29) is 0 Å². The van der Waals surface area contributed by atoms with Crippen LogP contribution in [0.2, 0.25) is 0 Å². The molecule has 2 heteroatoms. The summed E-state index contributed by atoms with van der Waals surface area (Å²) in [6, 6.07) is 0. The van der Waals surface area contributed by atoms with Crippen LogP contribution >= 0.6 is 0 Å². The van der Waals surface area contributed by atoms with Gasteiger partial charge in [-0.2, -0.15) is 0 Å². The Morgan fingerprint density at radius 3 is 2.43 bits per heavy atom. The molecular formula is C12H25NO. The first-order chi connectivity index (χ1) is 6.68. The van der Waals surface area contributed by atoms with E-state index >= 15 is 0 Å². The van der Waals surface area contributed by atoms with E-state index in [0.717, 1.165) is 25.7 Å². The zero-order valence-corrected chi connectivity index (χ0v) is 9.94. The minimum atomic E-state index is 0.516. The van der Waals surface area contributed by atoms with Crippen LogP contribution in [0.1, 0.15) is 40.0 Å². The molecule has 1 fully saturated rings. The summed E-state index contributed by atoms with van der Waals surface area (Å²) in [4.78, 5) is 0. The first-order valence-electron chi connectivity index (χ1n) is 5.97. The second-order valence-electron chi connectivity index (χ2n) is 4.99. The molecule has 0 unspecified atom stereocenters. The summed E-state index contributed by atoms with van der Waals surface area (Å²) in [6.07, 6.45) is 3.81. The van der Waals surface area contributed by atoms with Crippen molar-refractivity contribution in [3.8, 4) is 0 Å². The standard InChI is InChI=1S/C12H25NO/c1-4-13-10-12(9-11(2)3)5-7-14-8-6-12/h11,13H,4-10H2,1-3H3. The quantitative estimate of drug-likeness (QED) is 0.734. The Labute approximate surface area is 88.4 Å². The van der Waals surface area contributed by atoms with Crippen molar-refractivity contribution in [2.75, 3.05) is 26.3 Å². The van der Waals surface area contributed by atoms with E-state index in [0.29, 0.717) is 5.41 Å². The number of hydrogen-bond donors (Lipinski definition) is 1. The summed E-state index contributed by atoms with van der Waals surface area (Å²) in [5.74, 6) is 0.798. The van der Waals surface area contributed by atoms with Gasteiger partial charge in [-0.15, -0.1) is 0 Å². The molecule has 0 aromatic rings. The average molecular weight is 199 g/mol. The minimum absolute atomic E-state index is 0.516. The van der Waals surface area contributed by atoms with E-state index in [2.05, 4.69) is 26.1 Å². The lowest BCUT2D eigenvalue weighted by Gasteiger charge is -2.38. The zero-order chi connectivity index (χ0) is 10.4. The van der Waals surface area contributed by atoms with Crippen LogP contribution in [-0.4, -0.2) is 26.3 Å². The van der Waals surface area contributed by atoms with Gasteiger partial charge in [0, 0.05) is 19.8 Å². The van der Waals surface area contributed by atoms with Gasteiger partial charge in [0.05, 0.1) is 0 Å². The van der Waals surface area contributed by atoms with Gasteiger partial charge >= 0.3 is 0 Å². The number of nitrogens with one attached hydrogen (secondary N) is 1. The number of ether oxygens (including phenoxy) is 1. The second kappa shape index (κ2) is 5.72. The molecular weight excluding hydrogens is 174 g/mol. The van der Waals surface area contributed by atoms with E-state index in [9.17, 15) is 0 Å². The third-order valence-corrected chi connectivity index (χ3v) is 3.14. The second-order valence-corrected chi connectivity index (χ2v) is 4.99. The Kier molecular flexibility index (Phi) is 4.90. The summed E-state index contributed by atoms with van der Waals surface area (Å²) in [7, 11) is 0. The molecule has 1 aliphatic rings. The molecule has 0 radical (unpaired) electrons. The average Bonchev–Trinajstić information content (AvgIpc) is 2.15. The molecule has 0 bridgehead atoms. The maximum atomic E-state index is 5.46. The molecule has 1 heterocycles. The summed E-state index contributed by atoms with van der Waals surface area (Å²) < 4.78 is 5.46. The highest BCUT2D eigenvalue weighted by molar-refractivity contribution is 4.84. The van der Waals surface area contributed by atoms with Crippen molar-refractivity contribution in [3.63, 3.8) is 0 Å². The summed E-state index contributed by atoms with van der Waals surface area (Å²) in [6.45, 7) is 11.0. The van der Waals surface area contributed by atoms with Crippen molar-refractivity contribution in [1.82, 2.24) is 5.32 Å². The Hall–Kier alpha value is -0.0800. The molecule has 1 aliphatic heterocycles. The van der Waals surface area contributed by atoms with Crippen LogP contribution in [0, 0.1) is 11.3 Å². The molecule has 0 atom stereocenters. The van der Waals surface area contributed by atoms with Crippen LogP contribution in [0.4, 0.5) is 0 Å². The van der Waals surface area contributed by atoms with Gasteiger partial charge in [-0.3, -0.25) is 0 Å². The van der Waals surface area contributed by atoms with Crippen molar-refractivity contribution >= 4 is 0 Å². The molecule has 0 spiro atoms. The first-order valence-corrected chi connectivity index (χ1v) is 5.97. The third-order valence-electron chi connectivity index (χ3n) is 3.14. The van der Waals surface area contributed by atoms with Gasteiger partial charge in [-0.05, 0) is 37.1 Å². The van der Waals surface area contributed by atoms with E-state index in [1.165, 1.54) is 25.8 Å². The predicted molar refractivity (Wildman–Crippen MR) is 60.5 cm³/mol. The fourth-order valence-electron chi connectivity index (χ4n) is 2.51. The molecule has 0 saturated carbocycles. The number of hydrogen-bond acceptors (Lipinski definition) is 2. The molecule has 1 saturated heterocycles. The normalized spacial score (nSPS) is 21.4. The van der Waals surface area contributed by atoms with E-state index in [1.54, 1.807) is 0 Å². The molecule has 2 nitrogen and oxygen atoms in total. The minimum Gasteiger partial charge on any atom is -0.381 e. The fourth-order valence-corrected chi connectivity index (χ4v) is 2.51. The fraction of sp³-hybridized carbons (Fsp3) is 1.00. The van der Waals surface area contributed by atoms with Gasteiger partial charge in [0.2, 0.25) is 0 Å².